The Labute approximate surface area is 60.7 Å². The summed E-state index contributed by atoms with van der Waals surface area (Å²) in [7, 11) is 0. The van der Waals surface area contributed by atoms with Gasteiger partial charge < -0.3 is 5.32 Å². The van der Waals surface area contributed by atoms with Gasteiger partial charge >= 0.3 is 0 Å². The molecule has 1 aliphatic rings. The maximum atomic E-state index is 10.2. The van der Waals surface area contributed by atoms with Crippen LogP contribution in [0.5, 0.6) is 0 Å². The number of piperazine rings is 1. The van der Waals surface area contributed by atoms with Crippen LogP contribution in [0.2, 0.25) is 0 Å². The fraction of sp³-hybridized carbons (Fsp3) is 0.714. The van der Waals surface area contributed by atoms with Gasteiger partial charge in [0.15, 0.2) is 0 Å². The van der Waals surface area contributed by atoms with Crippen LogP contribution in [0.3, 0.4) is 0 Å². The van der Waals surface area contributed by atoms with E-state index in [4.69, 9.17) is 0 Å². The molecule has 3 heteroatoms. The summed E-state index contributed by atoms with van der Waals surface area (Å²) < 4.78 is 0. The van der Waals surface area contributed by atoms with Gasteiger partial charge in [0, 0.05) is 19.6 Å². The van der Waals surface area contributed by atoms with E-state index >= 15 is 0 Å². The Morgan fingerprint density at radius 3 is 3.20 bits per heavy atom. The smallest absolute Gasteiger partial charge is 0.146 e. The molecule has 0 bridgehead atoms. The van der Waals surface area contributed by atoms with Crippen LogP contribution in [0.1, 0.15) is 6.92 Å². The number of likely N-dealkylation sites (N-methyl/N-ethyl adjacent to an activating group) is 1. The predicted octanol–water partition coefficient (Wildman–Crippen LogP) is -0.373. The molecule has 1 aliphatic heterocycles. The van der Waals surface area contributed by atoms with E-state index in [2.05, 4.69) is 17.1 Å². The summed E-state index contributed by atoms with van der Waals surface area (Å²) in [6.07, 6.45) is 0. The van der Waals surface area contributed by atoms with Gasteiger partial charge in [-0.05, 0) is 6.54 Å². The second-order valence-electron chi connectivity index (χ2n) is 2.38. The first-order chi connectivity index (χ1) is 4.86. The summed E-state index contributed by atoms with van der Waals surface area (Å²) in [6, 6.07) is 0. The monoisotopic (exact) mass is 140 g/mol. The van der Waals surface area contributed by atoms with E-state index in [-0.39, 0.29) is 0 Å². The minimum Gasteiger partial charge on any atom is -0.377 e. The van der Waals surface area contributed by atoms with Crippen molar-refractivity contribution in [2.45, 2.75) is 6.92 Å². The van der Waals surface area contributed by atoms with Crippen LogP contribution in [0.15, 0.2) is 5.70 Å². The molecule has 10 heavy (non-hydrogen) atoms. The van der Waals surface area contributed by atoms with Gasteiger partial charge in [-0.3, -0.25) is 4.90 Å². The van der Waals surface area contributed by atoms with E-state index in [0.717, 1.165) is 26.2 Å². The van der Waals surface area contributed by atoms with Crippen molar-refractivity contribution < 1.29 is 4.79 Å². The average Bonchev–Trinajstić information content (AvgIpc) is 2.05. The van der Waals surface area contributed by atoms with E-state index in [9.17, 15) is 4.79 Å². The molecule has 1 fully saturated rings. The summed E-state index contributed by atoms with van der Waals surface area (Å²) in [4.78, 5) is 12.4. The van der Waals surface area contributed by atoms with Crippen molar-refractivity contribution >= 4 is 5.94 Å². The first-order valence-corrected chi connectivity index (χ1v) is 3.57. The minimum absolute atomic E-state index is 0.688. The zero-order valence-electron chi connectivity index (χ0n) is 6.18. The fourth-order valence-electron chi connectivity index (χ4n) is 1.06. The molecule has 0 amide bonds. The molecule has 1 heterocycles. The van der Waals surface area contributed by atoms with Crippen molar-refractivity contribution in [3.63, 3.8) is 0 Å². The van der Waals surface area contributed by atoms with Crippen molar-refractivity contribution in [1.82, 2.24) is 10.2 Å². The van der Waals surface area contributed by atoms with Crippen LogP contribution < -0.4 is 5.32 Å². The molecule has 0 spiro atoms. The Hall–Kier alpha value is -0.790. The maximum absolute atomic E-state index is 10.2. The van der Waals surface area contributed by atoms with Crippen LogP contribution in [-0.2, 0) is 4.79 Å². The van der Waals surface area contributed by atoms with E-state index in [0.29, 0.717) is 5.70 Å². The predicted molar refractivity (Wildman–Crippen MR) is 39.3 cm³/mol. The summed E-state index contributed by atoms with van der Waals surface area (Å²) >= 11 is 0. The molecule has 0 saturated carbocycles. The third-order valence-electron chi connectivity index (χ3n) is 1.72. The molecule has 0 aromatic heterocycles. The van der Waals surface area contributed by atoms with Gasteiger partial charge in [-0.25, -0.2) is 4.79 Å². The minimum atomic E-state index is 0.688. The Morgan fingerprint density at radius 1 is 1.80 bits per heavy atom. The molecule has 0 aromatic rings. The Kier molecular flexibility index (Phi) is 2.49. The molecule has 0 aliphatic carbocycles. The molecule has 1 rings (SSSR count). The third-order valence-corrected chi connectivity index (χ3v) is 1.72. The number of nitrogens with zero attached hydrogens (tertiary/aromatic N) is 1. The van der Waals surface area contributed by atoms with Crippen molar-refractivity contribution in [3.8, 4) is 0 Å². The standard InChI is InChI=1S/C7H12N2O/c1-2-9-4-3-8-7(5-9)6-10/h8H,2-5H2,1H3. The molecular weight excluding hydrogens is 128 g/mol. The highest BCUT2D eigenvalue weighted by molar-refractivity contribution is 5.52. The molecule has 0 atom stereocenters. The average molecular weight is 140 g/mol. The van der Waals surface area contributed by atoms with E-state index < -0.39 is 0 Å². The van der Waals surface area contributed by atoms with Gasteiger partial charge in [-0.15, -0.1) is 0 Å². The number of rotatable bonds is 1. The number of carbonyl (C=O) groups excluding carboxylic acids is 1. The molecule has 3 nitrogen and oxygen atoms in total. The third kappa shape index (κ3) is 1.59. The number of nitrogens with one attached hydrogen (secondary N) is 1. The lowest BCUT2D eigenvalue weighted by atomic mass is 10.3. The van der Waals surface area contributed by atoms with Gasteiger partial charge in [-0.2, -0.15) is 0 Å². The topological polar surface area (TPSA) is 32.3 Å². The normalized spacial score (nSPS) is 19.9. The highest BCUT2D eigenvalue weighted by Crippen LogP contribution is 1.97. The van der Waals surface area contributed by atoms with Gasteiger partial charge in [0.1, 0.15) is 11.6 Å². The zero-order valence-corrected chi connectivity index (χ0v) is 6.18. The lowest BCUT2D eigenvalue weighted by Crippen LogP contribution is -2.41. The first-order valence-electron chi connectivity index (χ1n) is 3.57. The van der Waals surface area contributed by atoms with Crippen LogP contribution in [0, 0.1) is 0 Å². The van der Waals surface area contributed by atoms with E-state index in [1.54, 1.807) is 0 Å². The van der Waals surface area contributed by atoms with E-state index in [1.807, 2.05) is 5.94 Å². The van der Waals surface area contributed by atoms with Crippen molar-refractivity contribution in [2.75, 3.05) is 26.2 Å². The number of hydrogen-bond acceptors (Lipinski definition) is 3. The van der Waals surface area contributed by atoms with Crippen LogP contribution >= 0.6 is 0 Å². The zero-order chi connectivity index (χ0) is 7.40. The largest absolute Gasteiger partial charge is 0.377 e. The summed E-state index contributed by atoms with van der Waals surface area (Å²) in [5, 5.41) is 2.98. The Morgan fingerprint density at radius 2 is 2.60 bits per heavy atom. The molecule has 0 unspecified atom stereocenters. The fourth-order valence-corrected chi connectivity index (χ4v) is 1.06. The van der Waals surface area contributed by atoms with Crippen LogP contribution in [-0.4, -0.2) is 37.0 Å². The summed E-state index contributed by atoms with van der Waals surface area (Å²) in [5.74, 6) is 1.88. The molecule has 56 valence electrons. The molecule has 1 N–H and O–H groups in total. The Balaban J connectivity index is 2.47. The summed E-state index contributed by atoms with van der Waals surface area (Å²) in [6.45, 7) is 5.74. The Bertz CT molecular complexity index is 161. The highest BCUT2D eigenvalue weighted by atomic mass is 16.1. The molecule has 0 aromatic carbocycles. The second-order valence-corrected chi connectivity index (χ2v) is 2.38. The van der Waals surface area contributed by atoms with Gasteiger partial charge in [0.05, 0.1) is 0 Å². The molecule has 1 saturated heterocycles. The lowest BCUT2D eigenvalue weighted by molar-refractivity contribution is 0.281. The SMILES string of the molecule is CCN1CCNC(=C=O)C1. The highest BCUT2D eigenvalue weighted by Gasteiger charge is 2.11. The maximum Gasteiger partial charge on any atom is 0.146 e. The number of hydrogen-bond donors (Lipinski definition) is 1. The first kappa shape index (κ1) is 7.32. The van der Waals surface area contributed by atoms with Crippen molar-refractivity contribution in [2.24, 2.45) is 0 Å². The molecule has 0 radical (unpaired) electrons. The lowest BCUT2D eigenvalue weighted by Gasteiger charge is -2.26. The second kappa shape index (κ2) is 3.40. The molecular formula is C7H12N2O. The van der Waals surface area contributed by atoms with Crippen molar-refractivity contribution in [1.29, 1.82) is 0 Å². The van der Waals surface area contributed by atoms with Crippen molar-refractivity contribution in [3.05, 3.63) is 5.70 Å². The van der Waals surface area contributed by atoms with Gasteiger partial charge in [0.2, 0.25) is 0 Å². The van der Waals surface area contributed by atoms with Crippen LogP contribution in [0.25, 0.3) is 0 Å². The van der Waals surface area contributed by atoms with Crippen LogP contribution in [0.4, 0.5) is 0 Å². The summed E-state index contributed by atoms with van der Waals surface area (Å²) in [5.41, 5.74) is 0.688. The van der Waals surface area contributed by atoms with Gasteiger partial charge in [-0.1, -0.05) is 6.92 Å². The quantitative estimate of drug-likeness (QED) is 0.504. The van der Waals surface area contributed by atoms with E-state index in [1.165, 1.54) is 0 Å². The van der Waals surface area contributed by atoms with Gasteiger partial charge in [0.25, 0.3) is 0 Å².